The van der Waals surface area contributed by atoms with E-state index in [1.54, 1.807) is 44.6 Å². The van der Waals surface area contributed by atoms with Gasteiger partial charge in [-0.1, -0.05) is 18.2 Å². The fraction of sp³-hybridized carbons (Fsp3) is 0.333. The van der Waals surface area contributed by atoms with Gasteiger partial charge in [-0.15, -0.1) is 0 Å². The number of aryl methyl sites for hydroxylation is 1. The van der Waals surface area contributed by atoms with Gasteiger partial charge in [0.1, 0.15) is 17.3 Å². The number of Topliss-reactive ketones (excluding diaryl/α,β-unsaturated/α-hetero) is 1. The molecule has 3 rings (SSSR count). The molecular formula is C24H27NO6. The highest BCUT2D eigenvalue weighted by Gasteiger charge is 2.46. The van der Waals surface area contributed by atoms with Crippen LogP contribution in [0, 0.1) is 6.92 Å². The molecule has 1 heterocycles. The van der Waals surface area contributed by atoms with Gasteiger partial charge in [-0.25, -0.2) is 0 Å². The van der Waals surface area contributed by atoms with Gasteiger partial charge in [0.2, 0.25) is 0 Å². The SMILES string of the molecule is COCCCN1C(=O)C(=O)C(=C(O)c2ccc(OC)cc2C)[C@@H]1c1ccccc1OC. The lowest BCUT2D eigenvalue weighted by Gasteiger charge is -2.26. The van der Waals surface area contributed by atoms with Crippen molar-refractivity contribution in [3.63, 3.8) is 0 Å². The number of ketones is 1. The first kappa shape index (κ1) is 22.4. The number of aliphatic hydroxyl groups excluding tert-OH is 1. The molecule has 0 radical (unpaired) electrons. The van der Waals surface area contributed by atoms with E-state index in [9.17, 15) is 14.7 Å². The fourth-order valence-electron chi connectivity index (χ4n) is 3.88. The first-order chi connectivity index (χ1) is 14.9. The molecule has 0 unspecified atom stereocenters. The van der Waals surface area contributed by atoms with Crippen LogP contribution < -0.4 is 9.47 Å². The molecular weight excluding hydrogens is 398 g/mol. The van der Waals surface area contributed by atoms with Crippen molar-refractivity contribution in [2.45, 2.75) is 19.4 Å². The number of benzene rings is 2. The Bertz CT molecular complexity index is 1010. The van der Waals surface area contributed by atoms with Gasteiger partial charge in [-0.05, 0) is 43.2 Å². The van der Waals surface area contributed by atoms with Crippen LogP contribution in [0.5, 0.6) is 11.5 Å². The fourth-order valence-corrected chi connectivity index (χ4v) is 3.88. The van der Waals surface area contributed by atoms with Crippen LogP contribution in [0.4, 0.5) is 0 Å². The summed E-state index contributed by atoms with van der Waals surface area (Å²) in [5.41, 5.74) is 1.87. The van der Waals surface area contributed by atoms with E-state index in [4.69, 9.17) is 14.2 Å². The molecule has 1 amide bonds. The molecule has 31 heavy (non-hydrogen) atoms. The zero-order valence-electron chi connectivity index (χ0n) is 18.2. The van der Waals surface area contributed by atoms with Gasteiger partial charge in [0.25, 0.3) is 11.7 Å². The molecule has 0 spiro atoms. The first-order valence-electron chi connectivity index (χ1n) is 9.99. The topological polar surface area (TPSA) is 85.3 Å². The molecule has 1 aliphatic rings. The predicted octanol–water partition coefficient (Wildman–Crippen LogP) is 3.47. The summed E-state index contributed by atoms with van der Waals surface area (Å²) in [6.07, 6.45) is 0.552. The van der Waals surface area contributed by atoms with Crippen molar-refractivity contribution >= 4 is 17.4 Å². The standard InChI is InChI=1S/C24H27NO6/c1-15-14-16(30-3)10-11-17(15)22(26)20-21(18-8-5-6-9-19(18)31-4)25(12-7-13-29-2)24(28)23(20)27/h5-6,8-11,14,21,26H,7,12-13H2,1-4H3/t21-/m0/s1. The molecule has 0 aromatic heterocycles. The van der Waals surface area contributed by atoms with E-state index in [1.807, 2.05) is 19.1 Å². The zero-order chi connectivity index (χ0) is 22.5. The monoisotopic (exact) mass is 425 g/mol. The number of amides is 1. The molecule has 0 bridgehead atoms. The van der Waals surface area contributed by atoms with Crippen LogP contribution in [-0.2, 0) is 14.3 Å². The van der Waals surface area contributed by atoms with Gasteiger partial charge in [-0.3, -0.25) is 9.59 Å². The number of nitrogens with zero attached hydrogens (tertiary/aromatic N) is 1. The average molecular weight is 425 g/mol. The molecule has 164 valence electrons. The summed E-state index contributed by atoms with van der Waals surface area (Å²) in [6.45, 7) is 2.56. The van der Waals surface area contributed by atoms with Crippen LogP contribution in [0.25, 0.3) is 5.76 Å². The Morgan fingerprint density at radius 2 is 1.81 bits per heavy atom. The van der Waals surface area contributed by atoms with Gasteiger partial charge in [0.15, 0.2) is 0 Å². The number of hydrogen-bond donors (Lipinski definition) is 1. The minimum absolute atomic E-state index is 0.0418. The van der Waals surface area contributed by atoms with E-state index >= 15 is 0 Å². The van der Waals surface area contributed by atoms with Crippen LogP contribution in [0.15, 0.2) is 48.0 Å². The first-order valence-corrected chi connectivity index (χ1v) is 9.99. The third kappa shape index (κ3) is 4.27. The molecule has 1 atom stereocenters. The summed E-state index contributed by atoms with van der Waals surface area (Å²) in [4.78, 5) is 27.5. The van der Waals surface area contributed by atoms with Crippen molar-refractivity contribution in [3.8, 4) is 11.5 Å². The minimum atomic E-state index is -0.769. The van der Waals surface area contributed by atoms with Crippen LogP contribution in [0.3, 0.4) is 0 Å². The lowest BCUT2D eigenvalue weighted by molar-refractivity contribution is -0.140. The van der Waals surface area contributed by atoms with Crippen LogP contribution in [0.2, 0.25) is 0 Å². The quantitative estimate of drug-likeness (QED) is 0.302. The summed E-state index contributed by atoms with van der Waals surface area (Å²) in [5.74, 6) is -0.428. The molecule has 7 nitrogen and oxygen atoms in total. The van der Waals surface area contributed by atoms with Gasteiger partial charge in [0, 0.05) is 31.4 Å². The number of carbonyl (C=O) groups is 2. The zero-order valence-corrected chi connectivity index (χ0v) is 18.2. The van der Waals surface area contributed by atoms with E-state index in [-0.39, 0.29) is 11.3 Å². The molecule has 1 aliphatic heterocycles. The van der Waals surface area contributed by atoms with E-state index in [2.05, 4.69) is 0 Å². The molecule has 1 fully saturated rings. The van der Waals surface area contributed by atoms with Crippen molar-refractivity contribution in [1.82, 2.24) is 4.90 Å². The summed E-state index contributed by atoms with van der Waals surface area (Å²) in [7, 11) is 4.67. The molecule has 0 aliphatic carbocycles. The van der Waals surface area contributed by atoms with Gasteiger partial charge in [0.05, 0.1) is 25.8 Å². The number of carbonyl (C=O) groups excluding carboxylic acids is 2. The highest BCUT2D eigenvalue weighted by atomic mass is 16.5. The largest absolute Gasteiger partial charge is 0.507 e. The number of likely N-dealkylation sites (tertiary alicyclic amines) is 1. The second kappa shape index (κ2) is 9.66. The van der Waals surface area contributed by atoms with Crippen LogP contribution in [-0.4, -0.2) is 56.2 Å². The van der Waals surface area contributed by atoms with Crippen LogP contribution in [0.1, 0.15) is 29.2 Å². The lowest BCUT2D eigenvalue weighted by Crippen LogP contribution is -2.31. The maximum Gasteiger partial charge on any atom is 0.295 e. The Morgan fingerprint density at radius 3 is 2.45 bits per heavy atom. The molecule has 7 heteroatoms. The molecule has 2 aromatic rings. The Labute approximate surface area is 181 Å². The van der Waals surface area contributed by atoms with Crippen molar-refractivity contribution in [1.29, 1.82) is 0 Å². The minimum Gasteiger partial charge on any atom is -0.507 e. The highest BCUT2D eigenvalue weighted by Crippen LogP contribution is 2.43. The Balaban J connectivity index is 2.19. The molecule has 2 aromatic carbocycles. The highest BCUT2D eigenvalue weighted by molar-refractivity contribution is 6.46. The Kier molecular flexibility index (Phi) is 6.97. The van der Waals surface area contributed by atoms with Crippen molar-refractivity contribution in [2.24, 2.45) is 0 Å². The number of hydrogen-bond acceptors (Lipinski definition) is 6. The third-order valence-corrected chi connectivity index (χ3v) is 5.41. The third-order valence-electron chi connectivity index (χ3n) is 5.41. The van der Waals surface area contributed by atoms with E-state index in [0.29, 0.717) is 42.2 Å². The summed E-state index contributed by atoms with van der Waals surface area (Å²) < 4.78 is 15.8. The number of aliphatic hydroxyl groups is 1. The molecule has 0 saturated carbocycles. The normalized spacial score (nSPS) is 17.8. The second-order valence-electron chi connectivity index (χ2n) is 7.26. The number of rotatable bonds is 8. The average Bonchev–Trinajstić information content (AvgIpc) is 3.03. The van der Waals surface area contributed by atoms with Gasteiger partial charge < -0.3 is 24.2 Å². The maximum absolute atomic E-state index is 13.1. The second-order valence-corrected chi connectivity index (χ2v) is 7.26. The van der Waals surface area contributed by atoms with Gasteiger partial charge >= 0.3 is 0 Å². The predicted molar refractivity (Wildman–Crippen MR) is 116 cm³/mol. The number of methoxy groups -OCH3 is 3. The van der Waals surface area contributed by atoms with Gasteiger partial charge in [-0.2, -0.15) is 0 Å². The molecule has 1 N–H and O–H groups in total. The van der Waals surface area contributed by atoms with E-state index in [0.717, 1.165) is 5.56 Å². The Morgan fingerprint density at radius 1 is 1.06 bits per heavy atom. The van der Waals surface area contributed by atoms with Crippen LogP contribution >= 0.6 is 0 Å². The van der Waals surface area contributed by atoms with Crippen molar-refractivity contribution in [3.05, 3.63) is 64.7 Å². The van der Waals surface area contributed by atoms with Crippen molar-refractivity contribution in [2.75, 3.05) is 34.5 Å². The maximum atomic E-state index is 13.1. The lowest BCUT2D eigenvalue weighted by atomic mass is 9.93. The smallest absolute Gasteiger partial charge is 0.295 e. The van der Waals surface area contributed by atoms with Crippen molar-refractivity contribution < 1.29 is 28.9 Å². The summed E-state index contributed by atoms with van der Waals surface area (Å²) in [5, 5.41) is 11.2. The summed E-state index contributed by atoms with van der Waals surface area (Å²) in [6, 6.07) is 11.6. The molecule has 1 saturated heterocycles. The number of ether oxygens (including phenoxy) is 3. The number of para-hydroxylation sites is 1. The summed E-state index contributed by atoms with van der Waals surface area (Å²) >= 11 is 0. The van der Waals surface area contributed by atoms with E-state index in [1.165, 1.54) is 12.0 Å². The Hall–Kier alpha value is -3.32. The van der Waals surface area contributed by atoms with E-state index < -0.39 is 17.7 Å².